The maximum Gasteiger partial charge on any atom is 0.322 e. The predicted octanol–water partition coefficient (Wildman–Crippen LogP) is 3.52. The van der Waals surface area contributed by atoms with Gasteiger partial charge in [-0.2, -0.15) is 0 Å². The van der Waals surface area contributed by atoms with Crippen molar-refractivity contribution < 1.29 is 14.0 Å². The summed E-state index contributed by atoms with van der Waals surface area (Å²) in [7, 11) is 0. The lowest BCUT2D eigenvalue weighted by molar-refractivity contribution is -0.126. The van der Waals surface area contributed by atoms with Gasteiger partial charge in [0.15, 0.2) is 0 Å². The van der Waals surface area contributed by atoms with E-state index < -0.39 is 5.82 Å². The number of nitrogens with zero attached hydrogens (tertiary/aromatic N) is 1. The Balaban J connectivity index is 1.78. The van der Waals surface area contributed by atoms with Gasteiger partial charge < -0.3 is 15.5 Å². The van der Waals surface area contributed by atoms with Crippen molar-refractivity contribution >= 4 is 17.6 Å². The maximum atomic E-state index is 13.9. The fraction of sp³-hybridized carbons (Fsp3) is 0.579. The third-order valence-electron chi connectivity index (χ3n) is 5.22. The summed E-state index contributed by atoms with van der Waals surface area (Å²) >= 11 is 0. The molecule has 0 aromatic heterocycles. The number of carbonyl (C=O) groups excluding carboxylic acids is 2. The summed E-state index contributed by atoms with van der Waals surface area (Å²) in [5.41, 5.74) is 0.181. The molecule has 1 heterocycles. The number of para-hydroxylation sites is 1. The van der Waals surface area contributed by atoms with E-state index in [2.05, 4.69) is 10.6 Å². The zero-order chi connectivity index (χ0) is 17.6. The van der Waals surface area contributed by atoms with Crippen LogP contribution in [0.2, 0.25) is 0 Å². The van der Waals surface area contributed by atoms with Crippen molar-refractivity contribution in [2.45, 2.75) is 51.0 Å². The highest BCUT2D eigenvalue weighted by atomic mass is 19.1. The van der Waals surface area contributed by atoms with Crippen molar-refractivity contribution in [2.75, 3.05) is 18.4 Å². The lowest BCUT2D eigenvalue weighted by atomic mass is 10.0. The first-order valence-corrected chi connectivity index (χ1v) is 9.26. The van der Waals surface area contributed by atoms with Crippen LogP contribution in [0.3, 0.4) is 0 Å². The molecule has 1 aliphatic heterocycles. The van der Waals surface area contributed by atoms with Crippen LogP contribution in [0.5, 0.6) is 0 Å². The van der Waals surface area contributed by atoms with E-state index in [0.717, 1.165) is 44.9 Å². The zero-order valence-electron chi connectivity index (χ0n) is 14.5. The molecule has 0 radical (unpaired) electrons. The van der Waals surface area contributed by atoms with Crippen molar-refractivity contribution in [1.82, 2.24) is 10.2 Å². The Hall–Kier alpha value is -2.11. The highest BCUT2D eigenvalue weighted by Gasteiger charge is 2.38. The zero-order valence-corrected chi connectivity index (χ0v) is 14.5. The van der Waals surface area contributed by atoms with E-state index in [1.165, 1.54) is 6.07 Å². The van der Waals surface area contributed by atoms with E-state index in [-0.39, 0.29) is 29.6 Å². The Morgan fingerprint density at radius 2 is 1.92 bits per heavy atom. The number of hydrogen-bond donors (Lipinski definition) is 2. The van der Waals surface area contributed by atoms with Gasteiger partial charge >= 0.3 is 6.03 Å². The Morgan fingerprint density at radius 3 is 2.76 bits per heavy atom. The van der Waals surface area contributed by atoms with Gasteiger partial charge in [-0.3, -0.25) is 4.79 Å². The minimum Gasteiger partial charge on any atom is -0.356 e. The predicted molar refractivity (Wildman–Crippen MR) is 94.7 cm³/mol. The van der Waals surface area contributed by atoms with Gasteiger partial charge in [-0.25, -0.2) is 9.18 Å². The summed E-state index contributed by atoms with van der Waals surface area (Å²) < 4.78 is 13.9. The molecule has 0 bridgehead atoms. The topological polar surface area (TPSA) is 61.4 Å². The van der Waals surface area contributed by atoms with E-state index in [1.54, 1.807) is 23.1 Å². The number of benzene rings is 1. The molecule has 5 nitrogen and oxygen atoms in total. The standard InChI is InChI=1S/C19H26FN3O2/c20-15-9-3-4-10-16(15)22-19(25)23-13-6-2-1-5-12-21-18(24)14-8-7-11-17(14)23/h3-4,9-10,14,17H,1-2,5-8,11-13H2,(H,21,24)(H,22,25). The third-order valence-corrected chi connectivity index (χ3v) is 5.22. The number of fused-ring (bicyclic) bond motifs is 1. The average Bonchev–Trinajstić information content (AvgIpc) is 3.07. The highest BCUT2D eigenvalue weighted by Crippen LogP contribution is 2.31. The van der Waals surface area contributed by atoms with Gasteiger partial charge in [0.2, 0.25) is 5.91 Å². The molecule has 3 rings (SSSR count). The fourth-order valence-electron chi connectivity index (χ4n) is 3.89. The molecule has 1 aromatic carbocycles. The van der Waals surface area contributed by atoms with E-state index in [1.807, 2.05) is 0 Å². The van der Waals surface area contributed by atoms with Gasteiger partial charge in [0.05, 0.1) is 11.6 Å². The first-order valence-electron chi connectivity index (χ1n) is 9.26. The first kappa shape index (κ1) is 17.7. The summed E-state index contributed by atoms with van der Waals surface area (Å²) in [5.74, 6) is -0.563. The van der Waals surface area contributed by atoms with E-state index in [9.17, 15) is 14.0 Å². The SMILES string of the molecule is O=C1NCCCCCCN(C(=O)Nc2ccccc2F)C2CCCC12. The van der Waals surface area contributed by atoms with E-state index >= 15 is 0 Å². The number of amides is 3. The van der Waals surface area contributed by atoms with Crippen molar-refractivity contribution in [3.8, 4) is 0 Å². The number of carbonyl (C=O) groups is 2. The maximum absolute atomic E-state index is 13.9. The van der Waals surface area contributed by atoms with Gasteiger partial charge in [0, 0.05) is 19.1 Å². The molecule has 1 aliphatic carbocycles. The normalized spacial score (nSPS) is 24.8. The molecule has 2 N–H and O–H groups in total. The summed E-state index contributed by atoms with van der Waals surface area (Å²) in [6.07, 6.45) is 6.51. The van der Waals surface area contributed by atoms with Crippen LogP contribution >= 0.6 is 0 Å². The van der Waals surface area contributed by atoms with Gasteiger partial charge in [-0.15, -0.1) is 0 Å². The number of hydrogen-bond acceptors (Lipinski definition) is 2. The molecule has 1 saturated heterocycles. The minimum absolute atomic E-state index is 0.0492. The number of urea groups is 1. The number of halogens is 1. The van der Waals surface area contributed by atoms with Crippen molar-refractivity contribution in [3.63, 3.8) is 0 Å². The third kappa shape index (κ3) is 4.30. The van der Waals surface area contributed by atoms with Gasteiger partial charge in [0.25, 0.3) is 0 Å². The smallest absolute Gasteiger partial charge is 0.322 e. The van der Waals surface area contributed by atoms with Crippen LogP contribution in [-0.2, 0) is 4.79 Å². The number of rotatable bonds is 1. The van der Waals surface area contributed by atoms with Crippen LogP contribution in [0.1, 0.15) is 44.9 Å². The highest BCUT2D eigenvalue weighted by molar-refractivity contribution is 5.90. The fourth-order valence-corrected chi connectivity index (χ4v) is 3.89. The summed E-state index contributed by atoms with van der Waals surface area (Å²) in [6, 6.07) is 5.75. The summed E-state index contributed by atoms with van der Waals surface area (Å²) in [5, 5.41) is 5.70. The van der Waals surface area contributed by atoms with Crippen LogP contribution in [0.15, 0.2) is 24.3 Å². The molecule has 1 aromatic rings. The van der Waals surface area contributed by atoms with Gasteiger partial charge in [-0.1, -0.05) is 31.4 Å². The van der Waals surface area contributed by atoms with Gasteiger partial charge in [0.1, 0.15) is 5.82 Å². The molecule has 2 atom stereocenters. The molecule has 6 heteroatoms. The van der Waals surface area contributed by atoms with Crippen LogP contribution in [0.4, 0.5) is 14.9 Å². The van der Waals surface area contributed by atoms with E-state index in [4.69, 9.17) is 0 Å². The second kappa shape index (κ2) is 8.32. The molecule has 1 saturated carbocycles. The molecule has 2 fully saturated rings. The Kier molecular flexibility index (Phi) is 5.89. The van der Waals surface area contributed by atoms with Crippen molar-refractivity contribution in [1.29, 1.82) is 0 Å². The molecule has 25 heavy (non-hydrogen) atoms. The quantitative estimate of drug-likeness (QED) is 0.816. The van der Waals surface area contributed by atoms with Gasteiger partial charge in [-0.05, 0) is 37.8 Å². The average molecular weight is 347 g/mol. The molecule has 136 valence electrons. The van der Waals surface area contributed by atoms with E-state index in [0.29, 0.717) is 13.1 Å². The molecule has 3 amide bonds. The lowest BCUT2D eigenvalue weighted by Crippen LogP contribution is -2.48. The number of anilines is 1. The van der Waals surface area contributed by atoms with Crippen molar-refractivity contribution in [3.05, 3.63) is 30.1 Å². The second-order valence-electron chi connectivity index (χ2n) is 6.91. The van der Waals surface area contributed by atoms with Crippen LogP contribution in [0, 0.1) is 11.7 Å². The Bertz CT molecular complexity index is 622. The molecule has 2 unspecified atom stereocenters. The van der Waals surface area contributed by atoms with Crippen molar-refractivity contribution in [2.24, 2.45) is 5.92 Å². The largest absolute Gasteiger partial charge is 0.356 e. The Morgan fingerprint density at radius 1 is 1.12 bits per heavy atom. The summed E-state index contributed by atoms with van der Waals surface area (Å²) in [4.78, 5) is 27.1. The van der Waals surface area contributed by atoms with Crippen LogP contribution < -0.4 is 10.6 Å². The molecular formula is C19H26FN3O2. The summed E-state index contributed by atoms with van der Waals surface area (Å²) in [6.45, 7) is 1.32. The number of nitrogens with one attached hydrogen (secondary N) is 2. The first-order chi connectivity index (χ1) is 12.2. The molecule has 0 spiro atoms. The molecular weight excluding hydrogens is 321 g/mol. The minimum atomic E-state index is -0.450. The second-order valence-corrected chi connectivity index (χ2v) is 6.91. The van der Waals surface area contributed by atoms with Crippen LogP contribution in [0.25, 0.3) is 0 Å². The lowest BCUT2D eigenvalue weighted by Gasteiger charge is -2.32. The monoisotopic (exact) mass is 347 g/mol. The Labute approximate surface area is 148 Å². The molecule has 2 aliphatic rings. The van der Waals surface area contributed by atoms with Crippen LogP contribution in [-0.4, -0.2) is 36.0 Å².